The maximum atomic E-state index is 6.12. The van der Waals surface area contributed by atoms with Gasteiger partial charge < -0.3 is 29.8 Å². The van der Waals surface area contributed by atoms with Crippen molar-refractivity contribution in [2.24, 2.45) is 0 Å². The molecule has 10 heteroatoms. The van der Waals surface area contributed by atoms with Crippen molar-refractivity contribution >= 4 is 28.7 Å². The van der Waals surface area contributed by atoms with Gasteiger partial charge in [-0.1, -0.05) is 25.6 Å². The Labute approximate surface area is 190 Å². The van der Waals surface area contributed by atoms with Crippen LogP contribution in [0.3, 0.4) is 0 Å². The van der Waals surface area contributed by atoms with E-state index < -0.39 is 0 Å². The van der Waals surface area contributed by atoms with Gasteiger partial charge in [-0.15, -0.1) is 0 Å². The number of rotatable bonds is 8. The second-order valence-electron chi connectivity index (χ2n) is 8.02. The zero-order valence-electron chi connectivity index (χ0n) is 18.1. The molecule has 0 aliphatic carbocycles. The second-order valence-corrected chi connectivity index (χ2v) is 9.03. The molecule has 1 aromatic carbocycles. The number of nitrogens with two attached hydrogens (primary N) is 1. The Balaban J connectivity index is 1.51. The lowest BCUT2D eigenvalue weighted by atomic mass is 10.1. The first-order valence-corrected chi connectivity index (χ1v) is 11.5. The fraction of sp³-hybridized carbons (Fsp3) is 0.409. The van der Waals surface area contributed by atoms with Gasteiger partial charge in [0.15, 0.2) is 33.6 Å². The van der Waals surface area contributed by atoms with E-state index in [2.05, 4.69) is 33.7 Å². The van der Waals surface area contributed by atoms with Crippen molar-refractivity contribution in [3.05, 3.63) is 36.4 Å². The molecule has 2 aliphatic heterocycles. The zero-order chi connectivity index (χ0) is 22.1. The van der Waals surface area contributed by atoms with Crippen LogP contribution < -0.4 is 20.5 Å². The summed E-state index contributed by atoms with van der Waals surface area (Å²) in [6, 6.07) is 4.46. The number of aromatic nitrogens is 4. The van der Waals surface area contributed by atoms with Crippen LogP contribution in [0.4, 0.5) is 5.82 Å². The van der Waals surface area contributed by atoms with E-state index in [1.807, 2.05) is 18.2 Å². The molecule has 2 aliphatic rings. The Morgan fingerprint density at radius 3 is 2.88 bits per heavy atom. The summed E-state index contributed by atoms with van der Waals surface area (Å²) in [5.74, 6) is 1.85. The van der Waals surface area contributed by atoms with E-state index in [1.165, 1.54) is 6.33 Å². The highest BCUT2D eigenvalue weighted by Crippen LogP contribution is 2.45. The summed E-state index contributed by atoms with van der Waals surface area (Å²) in [5.41, 5.74) is 8.52. The highest BCUT2D eigenvalue weighted by Gasteiger charge is 2.26. The third-order valence-corrected chi connectivity index (χ3v) is 6.45. The summed E-state index contributed by atoms with van der Waals surface area (Å²) in [7, 11) is 0. The van der Waals surface area contributed by atoms with Gasteiger partial charge in [0.25, 0.3) is 0 Å². The van der Waals surface area contributed by atoms with Crippen LogP contribution in [0.15, 0.2) is 40.9 Å². The summed E-state index contributed by atoms with van der Waals surface area (Å²) >= 11 is 1.56. The third kappa shape index (κ3) is 4.07. The molecule has 3 N–H and O–H groups in total. The minimum absolute atomic E-state index is 0.0649. The first kappa shape index (κ1) is 20.9. The Hall–Kier alpha value is -2.98. The van der Waals surface area contributed by atoms with Gasteiger partial charge in [-0.3, -0.25) is 0 Å². The van der Waals surface area contributed by atoms with Crippen LogP contribution >= 0.6 is 11.8 Å². The summed E-state index contributed by atoms with van der Waals surface area (Å²) in [4.78, 5) is 14.4. The van der Waals surface area contributed by atoms with Gasteiger partial charge in [-0.25, -0.2) is 15.0 Å². The lowest BCUT2D eigenvalue weighted by molar-refractivity contribution is 0.168. The molecular formula is C22H26N6O3S. The molecule has 32 heavy (non-hydrogen) atoms. The molecule has 0 bridgehead atoms. The Morgan fingerprint density at radius 2 is 2.09 bits per heavy atom. The number of nitrogens with zero attached hydrogens (tertiary/aromatic N) is 4. The molecule has 0 fully saturated rings. The average molecular weight is 455 g/mol. The van der Waals surface area contributed by atoms with E-state index in [-0.39, 0.29) is 12.9 Å². The number of fused-ring (bicyclic) bond motifs is 2. The smallest absolute Gasteiger partial charge is 0.231 e. The van der Waals surface area contributed by atoms with E-state index in [9.17, 15) is 0 Å². The average Bonchev–Trinajstić information content (AvgIpc) is 3.51. The maximum Gasteiger partial charge on any atom is 0.231 e. The molecule has 0 spiro atoms. The number of aryl methyl sites for hydroxylation is 1. The van der Waals surface area contributed by atoms with E-state index in [1.54, 1.807) is 18.0 Å². The van der Waals surface area contributed by atoms with Crippen LogP contribution in [0.25, 0.3) is 11.2 Å². The maximum absolute atomic E-state index is 6.12. The van der Waals surface area contributed by atoms with Gasteiger partial charge in [0, 0.05) is 29.5 Å². The van der Waals surface area contributed by atoms with E-state index in [0.29, 0.717) is 17.4 Å². The SMILES string of the molecule is CC(C)NCCCn1c(Sc2cc3c(cc2C2CC=CO2)OCO3)nc2c(N)ncnc21. The predicted molar refractivity (Wildman–Crippen MR) is 122 cm³/mol. The molecule has 1 atom stereocenters. The molecule has 0 radical (unpaired) electrons. The van der Waals surface area contributed by atoms with E-state index in [0.717, 1.165) is 58.7 Å². The molecule has 0 saturated heterocycles. The van der Waals surface area contributed by atoms with Crippen LogP contribution in [0.1, 0.15) is 38.4 Å². The number of ether oxygens (including phenoxy) is 3. The summed E-state index contributed by atoms with van der Waals surface area (Å²) in [5, 5.41) is 4.27. The van der Waals surface area contributed by atoms with Gasteiger partial charge in [0.2, 0.25) is 6.79 Å². The van der Waals surface area contributed by atoms with E-state index >= 15 is 0 Å². The van der Waals surface area contributed by atoms with Gasteiger partial charge in [-0.05, 0) is 31.2 Å². The van der Waals surface area contributed by atoms with Gasteiger partial charge in [0.1, 0.15) is 12.4 Å². The van der Waals surface area contributed by atoms with Crippen LogP contribution in [0.5, 0.6) is 11.5 Å². The van der Waals surface area contributed by atoms with Gasteiger partial charge in [-0.2, -0.15) is 0 Å². The quantitative estimate of drug-likeness (QED) is 0.493. The Bertz CT molecular complexity index is 1150. The standard InChI is InChI=1S/C22H26N6O3S/c1-13(2)24-6-4-7-28-21-19(20(23)25-11-26-21)27-22(28)32-18-10-17-16(30-12-31-17)9-14(18)15-5-3-8-29-15/h3,8-11,13,15,24H,4-7,12H2,1-2H3,(H2,23,25,26). The molecule has 168 valence electrons. The van der Waals surface area contributed by atoms with Gasteiger partial charge >= 0.3 is 0 Å². The fourth-order valence-electron chi connectivity index (χ4n) is 3.80. The minimum atomic E-state index is -0.0649. The first-order chi connectivity index (χ1) is 15.6. The molecule has 5 rings (SSSR count). The summed E-state index contributed by atoms with van der Waals surface area (Å²) in [6.07, 6.45) is 6.94. The molecule has 9 nitrogen and oxygen atoms in total. The number of imidazole rings is 1. The van der Waals surface area contributed by atoms with Crippen LogP contribution in [-0.4, -0.2) is 38.9 Å². The topological polar surface area (TPSA) is 109 Å². The highest BCUT2D eigenvalue weighted by molar-refractivity contribution is 7.99. The lowest BCUT2D eigenvalue weighted by Crippen LogP contribution is -2.24. The molecule has 3 aromatic rings. The number of anilines is 1. The predicted octanol–water partition coefficient (Wildman–Crippen LogP) is 3.65. The molecule has 2 aromatic heterocycles. The minimum Gasteiger partial charge on any atom is -0.493 e. The first-order valence-electron chi connectivity index (χ1n) is 10.7. The van der Waals surface area contributed by atoms with Crippen LogP contribution in [0.2, 0.25) is 0 Å². The molecule has 0 saturated carbocycles. The van der Waals surface area contributed by atoms with Crippen molar-refractivity contribution in [1.29, 1.82) is 0 Å². The number of benzene rings is 1. The lowest BCUT2D eigenvalue weighted by Gasteiger charge is -2.17. The second kappa shape index (κ2) is 8.87. The van der Waals surface area contributed by atoms with Gasteiger partial charge in [0.05, 0.1) is 6.26 Å². The van der Waals surface area contributed by atoms with Crippen molar-refractivity contribution in [3.8, 4) is 11.5 Å². The molecular weight excluding hydrogens is 428 g/mol. The number of hydrogen-bond donors (Lipinski definition) is 2. The normalized spacial score (nSPS) is 16.9. The number of hydrogen-bond acceptors (Lipinski definition) is 9. The van der Waals surface area contributed by atoms with E-state index in [4.69, 9.17) is 24.9 Å². The third-order valence-electron chi connectivity index (χ3n) is 5.38. The summed E-state index contributed by atoms with van der Waals surface area (Å²) < 4.78 is 19.2. The van der Waals surface area contributed by atoms with Crippen molar-refractivity contribution in [2.45, 2.75) is 55.4 Å². The fourth-order valence-corrected chi connectivity index (χ4v) is 4.90. The Morgan fingerprint density at radius 1 is 1.25 bits per heavy atom. The van der Waals surface area contributed by atoms with Crippen molar-refractivity contribution in [3.63, 3.8) is 0 Å². The van der Waals surface area contributed by atoms with Crippen molar-refractivity contribution < 1.29 is 14.2 Å². The largest absolute Gasteiger partial charge is 0.493 e. The Kier molecular flexibility index (Phi) is 5.79. The monoisotopic (exact) mass is 454 g/mol. The van der Waals surface area contributed by atoms with Crippen molar-refractivity contribution in [1.82, 2.24) is 24.8 Å². The molecule has 4 heterocycles. The van der Waals surface area contributed by atoms with Crippen molar-refractivity contribution in [2.75, 3.05) is 19.1 Å². The number of nitrogen functional groups attached to an aromatic ring is 1. The highest BCUT2D eigenvalue weighted by atomic mass is 32.2. The zero-order valence-corrected chi connectivity index (χ0v) is 18.9. The summed E-state index contributed by atoms with van der Waals surface area (Å²) in [6.45, 7) is 6.17. The number of nitrogens with one attached hydrogen (secondary N) is 1. The molecule has 0 amide bonds. The molecule has 1 unspecified atom stereocenters. The van der Waals surface area contributed by atoms with Crippen LogP contribution in [-0.2, 0) is 11.3 Å². The van der Waals surface area contributed by atoms with Crippen LogP contribution in [0, 0.1) is 0 Å².